The molecule has 1 rings (SSSR count). The number of aliphatic hydroxyl groups excluding tert-OH is 1. The number of nitrogen functional groups attached to an aromatic ring is 1. The second-order valence-corrected chi connectivity index (χ2v) is 2.50. The molecule has 0 bridgehead atoms. The minimum atomic E-state index is 0.0776. The molecule has 0 amide bonds. The number of nitrogens with two attached hydrogens (primary N) is 1. The van der Waals surface area contributed by atoms with Gasteiger partial charge in [-0.2, -0.15) is 0 Å². The molecule has 0 aliphatic rings. The number of aliphatic hydroxyl groups is 1. The zero-order valence-corrected chi connectivity index (χ0v) is 6.67. The van der Waals surface area contributed by atoms with E-state index >= 15 is 0 Å². The molecule has 0 aliphatic carbocycles. The fourth-order valence-corrected chi connectivity index (χ4v) is 1.23. The zero-order chi connectivity index (χ0) is 8.27. The summed E-state index contributed by atoms with van der Waals surface area (Å²) >= 11 is 0. The maximum atomic E-state index is 8.92. The van der Waals surface area contributed by atoms with Gasteiger partial charge in [-0.15, -0.1) is 0 Å². The predicted octanol–water partition coefficient (Wildman–Crippen LogP) is 1.32. The van der Waals surface area contributed by atoms with E-state index in [4.69, 9.17) is 10.8 Å². The van der Waals surface area contributed by atoms with Crippen LogP contribution in [-0.2, 0) is 13.0 Å². The molecule has 1 aromatic rings. The Labute approximate surface area is 66.7 Å². The average molecular weight is 151 g/mol. The summed E-state index contributed by atoms with van der Waals surface area (Å²) in [4.78, 5) is 0. The summed E-state index contributed by atoms with van der Waals surface area (Å²) in [6, 6.07) is 5.62. The average Bonchev–Trinajstić information content (AvgIpc) is 2.04. The molecular weight excluding hydrogens is 138 g/mol. The fraction of sp³-hybridized carbons (Fsp3) is 0.333. The van der Waals surface area contributed by atoms with Crippen molar-refractivity contribution in [1.29, 1.82) is 0 Å². The second kappa shape index (κ2) is 3.39. The lowest BCUT2D eigenvalue weighted by atomic mass is 10.0. The molecule has 2 nitrogen and oxygen atoms in total. The third-order valence-corrected chi connectivity index (χ3v) is 1.83. The monoisotopic (exact) mass is 151 g/mol. The van der Waals surface area contributed by atoms with Crippen LogP contribution in [0.5, 0.6) is 0 Å². The molecule has 60 valence electrons. The number of hydrogen-bond donors (Lipinski definition) is 2. The highest BCUT2D eigenvalue weighted by molar-refractivity contribution is 5.50. The summed E-state index contributed by atoms with van der Waals surface area (Å²) in [6.45, 7) is 2.11. The van der Waals surface area contributed by atoms with Gasteiger partial charge >= 0.3 is 0 Å². The first kappa shape index (κ1) is 8.08. The van der Waals surface area contributed by atoms with Crippen LogP contribution in [0.3, 0.4) is 0 Å². The number of benzene rings is 1. The van der Waals surface area contributed by atoms with E-state index in [9.17, 15) is 0 Å². The van der Waals surface area contributed by atoms with Crippen LogP contribution in [0, 0.1) is 0 Å². The molecule has 2 heteroatoms. The molecule has 0 aromatic heterocycles. The Bertz CT molecular complexity index is 245. The van der Waals surface area contributed by atoms with Gasteiger partial charge in [-0.3, -0.25) is 0 Å². The third kappa shape index (κ3) is 1.52. The summed E-state index contributed by atoms with van der Waals surface area (Å²) in [5.41, 5.74) is 8.48. The van der Waals surface area contributed by atoms with Crippen molar-refractivity contribution in [3.05, 3.63) is 29.3 Å². The van der Waals surface area contributed by atoms with Gasteiger partial charge in [0.25, 0.3) is 0 Å². The molecule has 0 aliphatic heterocycles. The quantitative estimate of drug-likeness (QED) is 0.626. The lowest BCUT2D eigenvalue weighted by molar-refractivity contribution is 0.281. The first-order chi connectivity index (χ1) is 5.29. The second-order valence-electron chi connectivity index (χ2n) is 2.50. The van der Waals surface area contributed by atoms with Crippen molar-refractivity contribution >= 4 is 5.69 Å². The lowest BCUT2D eigenvalue weighted by Gasteiger charge is -2.06. The molecule has 0 unspecified atom stereocenters. The van der Waals surface area contributed by atoms with Gasteiger partial charge in [0, 0.05) is 5.69 Å². The molecule has 0 radical (unpaired) electrons. The van der Waals surface area contributed by atoms with E-state index in [0.29, 0.717) is 0 Å². The van der Waals surface area contributed by atoms with E-state index in [2.05, 4.69) is 0 Å². The van der Waals surface area contributed by atoms with Gasteiger partial charge in [-0.05, 0) is 23.6 Å². The smallest absolute Gasteiger partial charge is 0.0685 e. The molecule has 0 heterocycles. The van der Waals surface area contributed by atoms with Crippen LogP contribution in [0.15, 0.2) is 18.2 Å². The molecule has 11 heavy (non-hydrogen) atoms. The molecule has 0 saturated carbocycles. The topological polar surface area (TPSA) is 46.2 Å². The van der Waals surface area contributed by atoms with Crippen molar-refractivity contribution < 1.29 is 5.11 Å². The first-order valence-corrected chi connectivity index (χ1v) is 3.76. The highest BCUT2D eigenvalue weighted by Crippen LogP contribution is 2.17. The molecular formula is C9H13NO. The van der Waals surface area contributed by atoms with E-state index in [1.807, 2.05) is 25.1 Å². The van der Waals surface area contributed by atoms with Crippen LogP contribution < -0.4 is 5.73 Å². The highest BCUT2D eigenvalue weighted by atomic mass is 16.3. The van der Waals surface area contributed by atoms with Crippen molar-refractivity contribution in [2.24, 2.45) is 0 Å². The predicted molar refractivity (Wildman–Crippen MR) is 46.2 cm³/mol. The number of hydrogen-bond acceptors (Lipinski definition) is 2. The van der Waals surface area contributed by atoms with Crippen LogP contribution in [0.4, 0.5) is 5.69 Å². The summed E-state index contributed by atoms with van der Waals surface area (Å²) < 4.78 is 0. The number of rotatable bonds is 2. The van der Waals surface area contributed by atoms with Gasteiger partial charge in [0.1, 0.15) is 0 Å². The Kier molecular flexibility index (Phi) is 2.49. The Balaban J connectivity index is 3.13. The molecule has 3 N–H and O–H groups in total. The lowest BCUT2D eigenvalue weighted by Crippen LogP contribution is -1.98. The van der Waals surface area contributed by atoms with Crippen LogP contribution in [0.1, 0.15) is 18.1 Å². The normalized spacial score (nSPS) is 10.0. The van der Waals surface area contributed by atoms with Gasteiger partial charge < -0.3 is 10.8 Å². The van der Waals surface area contributed by atoms with E-state index in [1.54, 1.807) is 0 Å². The zero-order valence-electron chi connectivity index (χ0n) is 6.67. The first-order valence-electron chi connectivity index (χ1n) is 3.76. The molecule has 0 spiro atoms. The van der Waals surface area contributed by atoms with Crippen molar-refractivity contribution in [2.45, 2.75) is 20.0 Å². The minimum absolute atomic E-state index is 0.0776. The standard InChI is InChI=1S/C9H13NO/c1-2-8-7(6-11)4-3-5-9(8)10/h3-5,11H,2,6,10H2,1H3. The largest absolute Gasteiger partial charge is 0.398 e. The van der Waals surface area contributed by atoms with Gasteiger partial charge in [-0.1, -0.05) is 19.1 Å². The summed E-state index contributed by atoms with van der Waals surface area (Å²) in [6.07, 6.45) is 0.878. The van der Waals surface area contributed by atoms with Crippen LogP contribution in [-0.4, -0.2) is 5.11 Å². The van der Waals surface area contributed by atoms with Crippen LogP contribution in [0.2, 0.25) is 0 Å². The van der Waals surface area contributed by atoms with Crippen molar-refractivity contribution in [3.8, 4) is 0 Å². The summed E-state index contributed by atoms with van der Waals surface area (Å²) in [5, 5.41) is 8.92. The maximum absolute atomic E-state index is 8.92. The Hall–Kier alpha value is -1.02. The van der Waals surface area contributed by atoms with Crippen LogP contribution in [0.25, 0.3) is 0 Å². The van der Waals surface area contributed by atoms with Gasteiger partial charge in [0.05, 0.1) is 6.61 Å². The van der Waals surface area contributed by atoms with Gasteiger partial charge in [0.2, 0.25) is 0 Å². The van der Waals surface area contributed by atoms with Crippen molar-refractivity contribution in [1.82, 2.24) is 0 Å². The minimum Gasteiger partial charge on any atom is -0.398 e. The molecule has 1 aromatic carbocycles. The Morgan fingerprint density at radius 1 is 1.45 bits per heavy atom. The summed E-state index contributed by atoms with van der Waals surface area (Å²) in [7, 11) is 0. The molecule has 0 fully saturated rings. The summed E-state index contributed by atoms with van der Waals surface area (Å²) in [5.74, 6) is 0. The Morgan fingerprint density at radius 2 is 2.18 bits per heavy atom. The molecule has 0 saturated heterocycles. The van der Waals surface area contributed by atoms with E-state index in [1.165, 1.54) is 0 Å². The Morgan fingerprint density at radius 3 is 2.64 bits per heavy atom. The highest BCUT2D eigenvalue weighted by Gasteiger charge is 2.01. The fourth-order valence-electron chi connectivity index (χ4n) is 1.23. The van der Waals surface area contributed by atoms with Crippen LogP contribution >= 0.6 is 0 Å². The van der Waals surface area contributed by atoms with Gasteiger partial charge in [-0.25, -0.2) is 0 Å². The SMILES string of the molecule is CCc1c(N)cccc1CO. The van der Waals surface area contributed by atoms with E-state index in [-0.39, 0.29) is 6.61 Å². The van der Waals surface area contributed by atoms with Crippen molar-refractivity contribution in [3.63, 3.8) is 0 Å². The van der Waals surface area contributed by atoms with Gasteiger partial charge in [0.15, 0.2) is 0 Å². The van der Waals surface area contributed by atoms with Crippen molar-refractivity contribution in [2.75, 3.05) is 5.73 Å². The molecule has 0 atom stereocenters. The third-order valence-electron chi connectivity index (χ3n) is 1.83. The van der Waals surface area contributed by atoms with E-state index in [0.717, 1.165) is 23.2 Å². The number of anilines is 1. The maximum Gasteiger partial charge on any atom is 0.0685 e. The van der Waals surface area contributed by atoms with E-state index < -0.39 is 0 Å².